The van der Waals surface area contributed by atoms with Gasteiger partial charge in [-0.2, -0.15) is 0 Å². The zero-order valence-electron chi connectivity index (χ0n) is 35.3. The highest BCUT2D eigenvalue weighted by atomic mass is 16.6. The maximum Gasteiger partial charge on any atom is 0.335 e. The molecular weight excluding hydrogens is 731 g/mol. The Kier molecular flexibility index (Phi) is 11.8. The van der Waals surface area contributed by atoms with Gasteiger partial charge in [0.1, 0.15) is 5.60 Å². The van der Waals surface area contributed by atoms with E-state index in [-0.39, 0.29) is 17.8 Å². The largest absolute Gasteiger partial charge is 0.478 e. The molecule has 3 aliphatic heterocycles. The number of hydrogen-bond acceptors (Lipinski definition) is 6. The number of nitrogens with zero attached hydrogens (tertiary/aromatic N) is 3. The second kappa shape index (κ2) is 16.8. The molecule has 58 heavy (non-hydrogen) atoms. The minimum atomic E-state index is -0.846. The number of rotatable bonds is 6. The van der Waals surface area contributed by atoms with Gasteiger partial charge in [-0.1, -0.05) is 0 Å². The van der Waals surface area contributed by atoms with Crippen LogP contribution in [0.4, 0.5) is 0 Å². The topological polar surface area (TPSA) is 112 Å². The fourth-order valence-corrected chi connectivity index (χ4v) is 11.0. The highest BCUT2D eigenvalue weighted by molar-refractivity contribution is 5.99. The summed E-state index contributed by atoms with van der Waals surface area (Å²) < 4.78 is 21.2. The zero-order valence-corrected chi connectivity index (χ0v) is 35.3. The van der Waals surface area contributed by atoms with Crippen LogP contribution in [0.25, 0.3) is 21.8 Å². The highest BCUT2D eigenvalue weighted by Crippen LogP contribution is 2.41. The van der Waals surface area contributed by atoms with Crippen LogP contribution in [0.5, 0.6) is 0 Å². The standard InChI is InChI=1S/C29H40N2O4.C19H23NO3/c1-29(2,3)35-27(32)15-19-9-12-31(18-19)28(33)22-6-8-26-24(17-22)23-16-21(5-7-25(23)30(26)4)20-10-13-34-14-11-20;1-20-17-4-2-13(12-6-8-23-9-7-12)10-15(17)16-11-14(19(21)22)3-5-18(16)20/h6,8,17,19-21H,5,7,9-16,18H2,1-4H3;3,5,11-13H,2,4,6-10H2,1H3,(H,21,22)/t19-,21?;/m1./s1. The summed E-state index contributed by atoms with van der Waals surface area (Å²) in [5.41, 5.74) is 8.72. The Morgan fingerprint density at radius 3 is 1.71 bits per heavy atom. The fraction of sp³-hybridized carbons (Fsp3) is 0.604. The quantitative estimate of drug-likeness (QED) is 0.196. The molecule has 3 atom stereocenters. The third-order valence-electron chi connectivity index (χ3n) is 14.1. The third kappa shape index (κ3) is 8.46. The molecule has 0 spiro atoms. The molecular formula is C48H63N3O7. The molecule has 9 rings (SSSR count). The van der Waals surface area contributed by atoms with E-state index < -0.39 is 11.6 Å². The average molecular weight is 794 g/mol. The Balaban J connectivity index is 0.000000176. The van der Waals surface area contributed by atoms with Crippen molar-refractivity contribution in [1.82, 2.24) is 14.0 Å². The van der Waals surface area contributed by atoms with Crippen molar-refractivity contribution >= 4 is 39.7 Å². The summed E-state index contributed by atoms with van der Waals surface area (Å²) in [5.74, 6) is 2.16. The smallest absolute Gasteiger partial charge is 0.335 e. The molecule has 4 aromatic rings. The molecule has 312 valence electrons. The Hall–Kier alpha value is -4.15. The highest BCUT2D eigenvalue weighted by Gasteiger charge is 2.34. The van der Waals surface area contributed by atoms with Crippen molar-refractivity contribution in [1.29, 1.82) is 0 Å². The monoisotopic (exact) mass is 793 g/mol. The van der Waals surface area contributed by atoms with E-state index in [0.717, 1.165) is 86.8 Å². The minimum Gasteiger partial charge on any atom is -0.478 e. The maximum atomic E-state index is 13.4. The summed E-state index contributed by atoms with van der Waals surface area (Å²) in [6, 6.07) is 11.8. The summed E-state index contributed by atoms with van der Waals surface area (Å²) >= 11 is 0. The summed E-state index contributed by atoms with van der Waals surface area (Å²) in [6.45, 7) is 10.6. The Bertz CT molecular complexity index is 2160. The molecule has 10 nitrogen and oxygen atoms in total. The lowest BCUT2D eigenvalue weighted by molar-refractivity contribution is -0.155. The summed E-state index contributed by atoms with van der Waals surface area (Å²) in [4.78, 5) is 38.9. The van der Waals surface area contributed by atoms with Crippen LogP contribution >= 0.6 is 0 Å². The number of aromatic nitrogens is 2. The molecule has 1 N–H and O–H groups in total. The van der Waals surface area contributed by atoms with Gasteiger partial charge in [-0.15, -0.1) is 0 Å². The molecule has 2 aliphatic carbocycles. The molecule has 1 amide bonds. The van der Waals surface area contributed by atoms with Crippen molar-refractivity contribution in [3.63, 3.8) is 0 Å². The van der Waals surface area contributed by atoms with Crippen molar-refractivity contribution in [2.45, 2.75) is 103 Å². The summed E-state index contributed by atoms with van der Waals surface area (Å²) in [7, 11) is 4.27. The fourth-order valence-electron chi connectivity index (χ4n) is 11.0. The molecule has 5 heterocycles. The van der Waals surface area contributed by atoms with Crippen LogP contribution in [0.2, 0.25) is 0 Å². The van der Waals surface area contributed by atoms with Crippen LogP contribution in [0.3, 0.4) is 0 Å². The van der Waals surface area contributed by atoms with Gasteiger partial charge in [0.25, 0.3) is 5.91 Å². The van der Waals surface area contributed by atoms with E-state index in [1.807, 2.05) is 43.9 Å². The average Bonchev–Trinajstić information content (AvgIpc) is 3.89. The minimum absolute atomic E-state index is 0.0768. The van der Waals surface area contributed by atoms with Gasteiger partial charge in [-0.3, -0.25) is 9.59 Å². The van der Waals surface area contributed by atoms with Gasteiger partial charge in [0.05, 0.1) is 12.0 Å². The number of aromatic carboxylic acids is 1. The van der Waals surface area contributed by atoms with Crippen molar-refractivity contribution in [3.05, 3.63) is 70.0 Å². The molecule has 10 heteroatoms. The van der Waals surface area contributed by atoms with Crippen LogP contribution in [-0.4, -0.2) is 82.1 Å². The number of aryl methyl sites for hydroxylation is 2. The first kappa shape index (κ1) is 40.6. The number of carbonyl (C=O) groups excluding carboxylic acids is 2. The van der Waals surface area contributed by atoms with Crippen LogP contribution in [0.15, 0.2) is 36.4 Å². The van der Waals surface area contributed by atoms with Crippen molar-refractivity contribution in [2.24, 2.45) is 43.7 Å². The van der Waals surface area contributed by atoms with Crippen molar-refractivity contribution in [3.8, 4) is 0 Å². The van der Waals surface area contributed by atoms with E-state index in [4.69, 9.17) is 14.2 Å². The van der Waals surface area contributed by atoms with Gasteiger partial charge in [-0.25, -0.2) is 4.79 Å². The first-order chi connectivity index (χ1) is 27.8. The number of fused-ring (bicyclic) bond motifs is 6. The number of carboxylic acid groups (broad SMARTS) is 1. The third-order valence-corrected chi connectivity index (χ3v) is 14.1. The maximum absolute atomic E-state index is 13.4. The van der Waals surface area contributed by atoms with E-state index in [1.165, 1.54) is 71.9 Å². The first-order valence-electron chi connectivity index (χ1n) is 21.9. The van der Waals surface area contributed by atoms with Gasteiger partial charge in [0.15, 0.2) is 0 Å². The molecule has 2 aromatic carbocycles. The molecule has 0 bridgehead atoms. The van der Waals surface area contributed by atoms with E-state index >= 15 is 0 Å². The normalized spacial score (nSPS) is 23.0. The molecule has 3 fully saturated rings. The number of ether oxygens (including phenoxy) is 3. The predicted molar refractivity (Wildman–Crippen MR) is 225 cm³/mol. The zero-order chi connectivity index (χ0) is 40.7. The van der Waals surface area contributed by atoms with Crippen LogP contribution in [0, 0.1) is 29.6 Å². The van der Waals surface area contributed by atoms with E-state index in [1.54, 1.807) is 6.07 Å². The Labute approximate surface area is 343 Å². The number of carboxylic acids is 1. The summed E-state index contributed by atoms with van der Waals surface area (Å²) in [6.07, 6.45) is 12.8. The van der Waals surface area contributed by atoms with E-state index in [2.05, 4.69) is 35.4 Å². The van der Waals surface area contributed by atoms with E-state index in [0.29, 0.717) is 36.9 Å². The van der Waals surface area contributed by atoms with Gasteiger partial charge in [0, 0.05) is 92.4 Å². The predicted octanol–water partition coefficient (Wildman–Crippen LogP) is 8.31. The number of esters is 1. The number of likely N-dealkylation sites (tertiary alicyclic amines) is 1. The Morgan fingerprint density at radius 1 is 0.707 bits per heavy atom. The van der Waals surface area contributed by atoms with Crippen molar-refractivity contribution in [2.75, 3.05) is 39.5 Å². The SMILES string of the molecule is Cn1c2c(c3cc(C(=O)N4CC[C@H](CC(=O)OC(C)(C)C)C4)ccc31)CC(C1CCOCC1)CC2.Cn1c2c(c3cc(C(=O)O)ccc31)CC(C1CCOCC1)CC2. The van der Waals surface area contributed by atoms with Gasteiger partial charge in [-0.05, 0) is 169 Å². The lowest BCUT2D eigenvalue weighted by atomic mass is 9.75. The Morgan fingerprint density at radius 2 is 1.21 bits per heavy atom. The van der Waals surface area contributed by atoms with Gasteiger partial charge >= 0.3 is 11.9 Å². The lowest BCUT2D eigenvalue weighted by Gasteiger charge is -2.33. The number of amides is 1. The van der Waals surface area contributed by atoms with Crippen LogP contribution in [-0.2, 0) is 58.8 Å². The number of benzene rings is 2. The number of hydrogen-bond donors (Lipinski definition) is 1. The van der Waals surface area contributed by atoms with Crippen LogP contribution < -0.4 is 0 Å². The second-order valence-corrected chi connectivity index (χ2v) is 18.8. The second-order valence-electron chi connectivity index (χ2n) is 18.8. The van der Waals surface area contributed by atoms with Gasteiger partial charge < -0.3 is 33.4 Å². The molecule has 2 aromatic heterocycles. The molecule has 5 aliphatic rings. The summed E-state index contributed by atoms with van der Waals surface area (Å²) in [5, 5.41) is 11.7. The van der Waals surface area contributed by atoms with Gasteiger partial charge in [0.2, 0.25) is 0 Å². The van der Waals surface area contributed by atoms with Crippen molar-refractivity contribution < 1.29 is 33.7 Å². The lowest BCUT2D eigenvalue weighted by Crippen LogP contribution is -2.30. The van der Waals surface area contributed by atoms with Crippen LogP contribution in [0.1, 0.15) is 115 Å². The molecule has 2 unspecified atom stereocenters. The first-order valence-corrected chi connectivity index (χ1v) is 21.9. The van der Waals surface area contributed by atoms with E-state index in [9.17, 15) is 19.5 Å². The molecule has 0 saturated carbocycles. The number of carbonyl (C=O) groups is 3. The molecule has 0 radical (unpaired) electrons. The molecule has 3 saturated heterocycles.